The van der Waals surface area contributed by atoms with Gasteiger partial charge in [0.05, 0.1) is 5.69 Å². The van der Waals surface area contributed by atoms with Gasteiger partial charge in [0.15, 0.2) is 5.82 Å². The van der Waals surface area contributed by atoms with Crippen LogP contribution in [-0.4, -0.2) is 50.8 Å². The first-order chi connectivity index (χ1) is 13.1. The zero-order valence-corrected chi connectivity index (χ0v) is 16.3. The van der Waals surface area contributed by atoms with Crippen LogP contribution in [0.3, 0.4) is 0 Å². The number of aryl methyl sites for hydroxylation is 2. The predicted molar refractivity (Wildman–Crippen MR) is 108 cm³/mol. The van der Waals surface area contributed by atoms with Crippen LogP contribution in [-0.2, 0) is 13.6 Å². The van der Waals surface area contributed by atoms with E-state index in [0.717, 1.165) is 55.5 Å². The van der Waals surface area contributed by atoms with E-state index in [0.29, 0.717) is 0 Å². The Hall–Kier alpha value is -2.73. The average Bonchev–Trinajstić information content (AvgIpc) is 2.95. The Labute approximate surface area is 160 Å². The van der Waals surface area contributed by atoms with Crippen LogP contribution in [0.25, 0.3) is 11.3 Å². The molecule has 0 N–H and O–H groups in total. The summed E-state index contributed by atoms with van der Waals surface area (Å²) in [5, 5.41) is 4.55. The monoisotopic (exact) mass is 362 g/mol. The molecule has 0 amide bonds. The maximum absolute atomic E-state index is 4.65. The van der Waals surface area contributed by atoms with Crippen LogP contribution in [0.2, 0.25) is 0 Å². The fourth-order valence-corrected chi connectivity index (χ4v) is 3.75. The lowest BCUT2D eigenvalue weighted by Gasteiger charge is -2.36. The maximum Gasteiger partial charge on any atom is 0.155 e. The summed E-state index contributed by atoms with van der Waals surface area (Å²) in [5.74, 6) is 0.983. The van der Waals surface area contributed by atoms with Crippen LogP contribution in [0.5, 0.6) is 0 Å². The molecule has 0 saturated carbocycles. The molecular weight excluding hydrogens is 336 g/mol. The topological polar surface area (TPSA) is 50.1 Å². The first kappa shape index (κ1) is 17.7. The number of hydrogen-bond donors (Lipinski definition) is 0. The molecule has 6 heteroatoms. The molecule has 27 heavy (non-hydrogen) atoms. The largest absolute Gasteiger partial charge is 0.352 e. The van der Waals surface area contributed by atoms with E-state index in [1.807, 2.05) is 29.9 Å². The van der Waals surface area contributed by atoms with Crippen molar-refractivity contribution in [3.05, 3.63) is 59.7 Å². The number of piperazine rings is 1. The molecule has 0 unspecified atom stereocenters. The molecular formula is C21H26N6. The fourth-order valence-electron chi connectivity index (χ4n) is 3.75. The van der Waals surface area contributed by atoms with Gasteiger partial charge in [-0.2, -0.15) is 5.10 Å². The van der Waals surface area contributed by atoms with Crippen molar-refractivity contribution in [2.75, 3.05) is 31.1 Å². The Balaban J connectivity index is 1.47. The molecule has 4 rings (SSSR count). The van der Waals surface area contributed by atoms with Crippen molar-refractivity contribution in [2.45, 2.75) is 20.4 Å². The van der Waals surface area contributed by atoms with Gasteiger partial charge in [-0.15, -0.1) is 0 Å². The Kier molecular flexibility index (Phi) is 4.90. The van der Waals surface area contributed by atoms with Crippen molar-refractivity contribution in [1.29, 1.82) is 0 Å². The second kappa shape index (κ2) is 7.48. The lowest BCUT2D eigenvalue weighted by atomic mass is 10.1. The van der Waals surface area contributed by atoms with Crippen molar-refractivity contribution in [1.82, 2.24) is 24.6 Å². The molecule has 0 atom stereocenters. The van der Waals surface area contributed by atoms with Crippen molar-refractivity contribution in [2.24, 2.45) is 7.05 Å². The molecule has 3 heterocycles. The molecule has 140 valence electrons. The Morgan fingerprint density at radius 2 is 1.63 bits per heavy atom. The Morgan fingerprint density at radius 1 is 0.926 bits per heavy atom. The number of nitrogens with zero attached hydrogens (tertiary/aromatic N) is 6. The highest BCUT2D eigenvalue weighted by Gasteiger charge is 2.23. The van der Waals surface area contributed by atoms with Gasteiger partial charge in [0, 0.05) is 69.0 Å². The molecule has 0 radical (unpaired) electrons. The van der Waals surface area contributed by atoms with E-state index >= 15 is 0 Å². The highest BCUT2D eigenvalue weighted by molar-refractivity contribution is 5.71. The minimum Gasteiger partial charge on any atom is -0.352 e. The standard InChI is InChI=1S/C21H26N6/c1-16-19(17(2)25(3)24-16)15-26-11-13-27(14-12-26)21-20(22-9-10-23-21)18-7-5-4-6-8-18/h4-10H,11-15H2,1-3H3. The van der Waals surface area contributed by atoms with Crippen LogP contribution in [0, 0.1) is 13.8 Å². The number of hydrogen-bond acceptors (Lipinski definition) is 5. The van der Waals surface area contributed by atoms with E-state index in [2.05, 4.69) is 50.8 Å². The normalized spacial score (nSPS) is 15.3. The molecule has 0 aliphatic carbocycles. The molecule has 1 aromatic carbocycles. The van der Waals surface area contributed by atoms with Gasteiger partial charge in [-0.25, -0.2) is 4.98 Å². The third kappa shape index (κ3) is 3.57. The van der Waals surface area contributed by atoms with Crippen molar-refractivity contribution in [3.8, 4) is 11.3 Å². The lowest BCUT2D eigenvalue weighted by molar-refractivity contribution is 0.248. The molecule has 6 nitrogen and oxygen atoms in total. The highest BCUT2D eigenvalue weighted by Crippen LogP contribution is 2.27. The van der Waals surface area contributed by atoms with Crippen LogP contribution in [0.15, 0.2) is 42.7 Å². The summed E-state index contributed by atoms with van der Waals surface area (Å²) in [5.41, 5.74) is 5.83. The predicted octanol–water partition coefficient (Wildman–Crippen LogP) is 2.82. The van der Waals surface area contributed by atoms with Gasteiger partial charge in [0.1, 0.15) is 5.69 Å². The summed E-state index contributed by atoms with van der Waals surface area (Å²) in [6.07, 6.45) is 3.56. The Morgan fingerprint density at radius 3 is 2.30 bits per heavy atom. The third-order valence-corrected chi connectivity index (χ3v) is 5.44. The summed E-state index contributed by atoms with van der Waals surface area (Å²) in [6.45, 7) is 9.15. The van der Waals surface area contributed by atoms with Crippen LogP contribution >= 0.6 is 0 Å². The van der Waals surface area contributed by atoms with Gasteiger partial charge < -0.3 is 4.90 Å². The molecule has 0 spiro atoms. The van der Waals surface area contributed by atoms with Crippen molar-refractivity contribution < 1.29 is 0 Å². The molecule has 3 aromatic rings. The first-order valence-electron chi connectivity index (χ1n) is 9.46. The summed E-state index contributed by atoms with van der Waals surface area (Å²) in [7, 11) is 2.02. The average molecular weight is 362 g/mol. The van der Waals surface area contributed by atoms with E-state index in [1.54, 1.807) is 12.4 Å². The van der Waals surface area contributed by atoms with Crippen molar-refractivity contribution in [3.63, 3.8) is 0 Å². The minimum atomic E-state index is 0.955. The van der Waals surface area contributed by atoms with Gasteiger partial charge in [-0.3, -0.25) is 14.6 Å². The SMILES string of the molecule is Cc1nn(C)c(C)c1CN1CCN(c2nccnc2-c2ccccc2)CC1. The number of benzene rings is 1. The molecule has 1 aliphatic heterocycles. The minimum absolute atomic E-state index is 0.955. The zero-order valence-electron chi connectivity index (χ0n) is 16.3. The number of aromatic nitrogens is 4. The second-order valence-corrected chi connectivity index (χ2v) is 7.13. The molecule has 1 saturated heterocycles. The van der Waals surface area contributed by atoms with E-state index in [1.165, 1.54) is 11.3 Å². The molecule has 1 aliphatic rings. The smallest absolute Gasteiger partial charge is 0.155 e. The van der Waals surface area contributed by atoms with Gasteiger partial charge >= 0.3 is 0 Å². The van der Waals surface area contributed by atoms with E-state index in [-0.39, 0.29) is 0 Å². The zero-order chi connectivity index (χ0) is 18.8. The van der Waals surface area contributed by atoms with E-state index in [4.69, 9.17) is 0 Å². The maximum atomic E-state index is 4.65. The molecule has 0 bridgehead atoms. The summed E-state index contributed by atoms with van der Waals surface area (Å²) in [4.78, 5) is 14.1. The quantitative estimate of drug-likeness (QED) is 0.714. The van der Waals surface area contributed by atoms with E-state index < -0.39 is 0 Å². The fraction of sp³-hybridized carbons (Fsp3) is 0.381. The second-order valence-electron chi connectivity index (χ2n) is 7.13. The van der Waals surface area contributed by atoms with Crippen LogP contribution in [0.4, 0.5) is 5.82 Å². The van der Waals surface area contributed by atoms with Gasteiger partial charge in [-0.1, -0.05) is 30.3 Å². The van der Waals surface area contributed by atoms with Crippen LogP contribution in [0.1, 0.15) is 17.0 Å². The highest BCUT2D eigenvalue weighted by atomic mass is 15.3. The number of rotatable bonds is 4. The van der Waals surface area contributed by atoms with Gasteiger partial charge in [0.25, 0.3) is 0 Å². The number of anilines is 1. The van der Waals surface area contributed by atoms with Gasteiger partial charge in [-0.05, 0) is 13.8 Å². The Bertz CT molecular complexity index is 910. The van der Waals surface area contributed by atoms with E-state index in [9.17, 15) is 0 Å². The summed E-state index contributed by atoms with van der Waals surface area (Å²) < 4.78 is 1.98. The summed E-state index contributed by atoms with van der Waals surface area (Å²) in [6, 6.07) is 10.3. The van der Waals surface area contributed by atoms with Gasteiger partial charge in [0.2, 0.25) is 0 Å². The first-order valence-corrected chi connectivity index (χ1v) is 9.46. The molecule has 1 fully saturated rings. The van der Waals surface area contributed by atoms with Crippen LogP contribution < -0.4 is 4.90 Å². The lowest BCUT2D eigenvalue weighted by Crippen LogP contribution is -2.46. The third-order valence-electron chi connectivity index (χ3n) is 5.44. The summed E-state index contributed by atoms with van der Waals surface area (Å²) >= 11 is 0. The van der Waals surface area contributed by atoms with Crippen molar-refractivity contribution >= 4 is 5.82 Å². The molecule has 2 aromatic heterocycles.